The summed E-state index contributed by atoms with van der Waals surface area (Å²) in [6.45, 7) is 0. The number of sulfonamides is 1. The number of phenols is 1. The molecule has 6 nitrogen and oxygen atoms in total. The van der Waals surface area contributed by atoms with Gasteiger partial charge in [0.25, 0.3) is 10.0 Å². The van der Waals surface area contributed by atoms with Crippen molar-refractivity contribution in [1.29, 1.82) is 0 Å². The molecule has 40 heavy (non-hydrogen) atoms. The molecule has 4 N–H and O–H groups in total. The van der Waals surface area contributed by atoms with Crippen LogP contribution in [0.3, 0.4) is 0 Å². The number of nitrogens with one attached hydrogen (secondary N) is 3. The highest BCUT2D eigenvalue weighted by Crippen LogP contribution is 2.41. The van der Waals surface area contributed by atoms with E-state index in [2.05, 4.69) is 14.7 Å². The highest BCUT2D eigenvalue weighted by atomic mass is 35.5. The molecule has 0 aliphatic carbocycles. The van der Waals surface area contributed by atoms with E-state index in [4.69, 9.17) is 46.4 Å². The standard InChI is InChI=1S/C29H19Cl4N3O3S/c30-16-3-7-25-20(9-16)22(13-34-25)28(23-14-35-26-8-4-17(31)10-21(23)26)15-1-5-19(6-2-15)36-40(38,39)27-12-18(32)11-24(33)29(27)37/h1-14,28,34-37H. The molecule has 0 aliphatic rings. The molecule has 6 rings (SSSR count). The fraction of sp³-hybridized carbons (Fsp3) is 0.0345. The lowest BCUT2D eigenvalue weighted by Gasteiger charge is -2.18. The maximum Gasteiger partial charge on any atom is 0.265 e. The fourth-order valence-corrected chi connectivity index (χ4v) is 7.10. The first-order chi connectivity index (χ1) is 19.1. The van der Waals surface area contributed by atoms with Crippen LogP contribution in [0, 0.1) is 0 Å². The maximum absolute atomic E-state index is 13.1. The van der Waals surface area contributed by atoms with Gasteiger partial charge in [-0.15, -0.1) is 0 Å². The van der Waals surface area contributed by atoms with Gasteiger partial charge < -0.3 is 15.1 Å². The Hall–Kier alpha value is -3.33. The van der Waals surface area contributed by atoms with Crippen molar-refractivity contribution < 1.29 is 13.5 Å². The van der Waals surface area contributed by atoms with E-state index in [1.165, 1.54) is 6.07 Å². The van der Waals surface area contributed by atoms with E-state index in [0.29, 0.717) is 15.7 Å². The van der Waals surface area contributed by atoms with Crippen molar-refractivity contribution in [1.82, 2.24) is 9.97 Å². The van der Waals surface area contributed by atoms with E-state index in [1.807, 2.05) is 60.9 Å². The van der Waals surface area contributed by atoms with Crippen LogP contribution in [0.5, 0.6) is 5.75 Å². The third-order valence-electron chi connectivity index (χ3n) is 6.75. The second-order valence-electron chi connectivity index (χ2n) is 9.26. The summed E-state index contributed by atoms with van der Waals surface area (Å²) in [5.74, 6) is -0.827. The molecule has 6 aromatic rings. The van der Waals surface area contributed by atoms with Gasteiger partial charge in [-0.1, -0.05) is 58.5 Å². The summed E-state index contributed by atoms with van der Waals surface area (Å²) in [6, 6.07) is 20.8. The molecule has 0 spiro atoms. The average Bonchev–Trinajstić information content (AvgIpc) is 3.51. The first kappa shape index (κ1) is 26.9. The van der Waals surface area contributed by atoms with Crippen LogP contribution in [-0.4, -0.2) is 23.5 Å². The lowest BCUT2D eigenvalue weighted by atomic mass is 9.84. The zero-order valence-electron chi connectivity index (χ0n) is 20.3. The number of aromatic nitrogens is 2. The summed E-state index contributed by atoms with van der Waals surface area (Å²) >= 11 is 24.6. The van der Waals surface area contributed by atoms with Crippen LogP contribution in [0.1, 0.15) is 22.6 Å². The average molecular weight is 631 g/mol. The quantitative estimate of drug-likeness (QED) is 0.148. The molecular formula is C29H19Cl4N3O3S. The van der Waals surface area contributed by atoms with Gasteiger partial charge in [-0.2, -0.15) is 0 Å². The molecule has 0 atom stereocenters. The van der Waals surface area contributed by atoms with Crippen LogP contribution >= 0.6 is 46.4 Å². The Balaban J connectivity index is 1.44. The number of H-pyrrole nitrogens is 2. The lowest BCUT2D eigenvalue weighted by Crippen LogP contribution is -2.13. The highest BCUT2D eigenvalue weighted by molar-refractivity contribution is 7.92. The Labute approximate surface area is 249 Å². The lowest BCUT2D eigenvalue weighted by molar-refractivity contribution is 0.459. The molecule has 4 aromatic carbocycles. The normalized spacial score (nSPS) is 12.0. The van der Waals surface area contributed by atoms with Gasteiger partial charge in [-0.25, -0.2) is 8.42 Å². The first-order valence-corrected chi connectivity index (χ1v) is 14.9. The number of anilines is 1. The number of hydrogen-bond acceptors (Lipinski definition) is 3. The molecule has 11 heteroatoms. The minimum absolute atomic E-state index is 0.0824. The third kappa shape index (κ3) is 4.89. The third-order valence-corrected chi connectivity index (χ3v) is 9.12. The van der Waals surface area contributed by atoms with Crippen molar-refractivity contribution in [2.45, 2.75) is 10.8 Å². The Morgan fingerprint density at radius 3 is 1.80 bits per heavy atom. The van der Waals surface area contributed by atoms with Gasteiger partial charge in [-0.3, -0.25) is 4.72 Å². The molecule has 202 valence electrons. The number of fused-ring (bicyclic) bond motifs is 2. The molecule has 2 heterocycles. The van der Waals surface area contributed by atoms with Crippen LogP contribution in [0.2, 0.25) is 20.1 Å². The minimum Gasteiger partial charge on any atom is -0.505 e. The molecular weight excluding hydrogens is 612 g/mol. The summed E-state index contributed by atoms with van der Waals surface area (Å²) in [5, 5.41) is 13.3. The number of phenolic OH excluding ortho intramolecular Hbond substituents is 1. The summed E-state index contributed by atoms with van der Waals surface area (Å²) in [5.41, 5.74) is 5.05. The maximum atomic E-state index is 13.1. The number of hydrogen-bond donors (Lipinski definition) is 4. The number of aromatic hydroxyl groups is 1. The number of halogens is 4. The largest absolute Gasteiger partial charge is 0.505 e. The van der Waals surface area contributed by atoms with Gasteiger partial charge in [0.05, 0.1) is 5.02 Å². The van der Waals surface area contributed by atoms with E-state index in [-0.39, 0.29) is 16.0 Å². The topological polar surface area (TPSA) is 98.0 Å². The van der Waals surface area contributed by atoms with Gasteiger partial charge in [0, 0.05) is 60.9 Å². The van der Waals surface area contributed by atoms with Crippen molar-refractivity contribution >= 4 is 83.9 Å². The van der Waals surface area contributed by atoms with E-state index in [1.54, 1.807) is 12.1 Å². The number of rotatable bonds is 6. The fourth-order valence-electron chi connectivity index (χ4n) is 4.93. The Morgan fingerprint density at radius 1 is 0.700 bits per heavy atom. The first-order valence-electron chi connectivity index (χ1n) is 11.9. The highest BCUT2D eigenvalue weighted by Gasteiger charge is 2.25. The molecule has 0 fully saturated rings. The molecule has 2 aromatic heterocycles. The summed E-state index contributed by atoms with van der Waals surface area (Å²) in [7, 11) is -4.18. The van der Waals surface area contributed by atoms with Crippen LogP contribution in [0.25, 0.3) is 21.8 Å². The van der Waals surface area contributed by atoms with E-state index >= 15 is 0 Å². The smallest absolute Gasteiger partial charge is 0.265 e. The summed E-state index contributed by atoms with van der Waals surface area (Å²) < 4.78 is 28.6. The number of benzene rings is 4. The second-order valence-corrected chi connectivity index (χ2v) is 12.6. The zero-order chi connectivity index (χ0) is 28.2. The van der Waals surface area contributed by atoms with E-state index in [9.17, 15) is 13.5 Å². The van der Waals surface area contributed by atoms with Gasteiger partial charge in [-0.05, 0) is 77.4 Å². The van der Waals surface area contributed by atoms with Crippen molar-refractivity contribution in [3.63, 3.8) is 0 Å². The van der Waals surface area contributed by atoms with Crippen molar-refractivity contribution in [3.05, 3.63) is 122 Å². The molecule has 0 saturated heterocycles. The van der Waals surface area contributed by atoms with Crippen LogP contribution in [0.4, 0.5) is 5.69 Å². The predicted molar refractivity (Wildman–Crippen MR) is 163 cm³/mol. The molecule has 0 unspecified atom stereocenters. The molecule has 0 amide bonds. The molecule has 0 bridgehead atoms. The zero-order valence-corrected chi connectivity index (χ0v) is 24.2. The van der Waals surface area contributed by atoms with Gasteiger partial charge in [0.1, 0.15) is 4.90 Å². The Bertz CT molecular complexity index is 1940. The van der Waals surface area contributed by atoms with Crippen LogP contribution in [-0.2, 0) is 10.0 Å². The van der Waals surface area contributed by atoms with Gasteiger partial charge in [0.2, 0.25) is 0 Å². The van der Waals surface area contributed by atoms with Crippen molar-refractivity contribution in [2.75, 3.05) is 4.72 Å². The van der Waals surface area contributed by atoms with E-state index < -0.39 is 20.7 Å². The predicted octanol–water partition coefficient (Wildman–Crippen LogP) is 8.95. The van der Waals surface area contributed by atoms with E-state index in [0.717, 1.165) is 44.6 Å². The molecule has 0 aliphatic heterocycles. The van der Waals surface area contributed by atoms with Crippen molar-refractivity contribution in [2.24, 2.45) is 0 Å². The minimum atomic E-state index is -4.18. The Kier molecular flexibility index (Phi) is 6.89. The monoisotopic (exact) mass is 629 g/mol. The SMILES string of the molecule is O=S(=O)(Nc1ccc(C(c2c[nH]c3ccc(Cl)cc23)c2c[nH]c3ccc(Cl)cc23)cc1)c1cc(Cl)cc(Cl)c1O. The Morgan fingerprint density at radius 2 is 1.25 bits per heavy atom. The van der Waals surface area contributed by atoms with Gasteiger partial charge >= 0.3 is 0 Å². The summed E-state index contributed by atoms with van der Waals surface area (Å²) in [6.07, 6.45) is 3.91. The van der Waals surface area contributed by atoms with Crippen LogP contribution in [0.15, 0.2) is 90.1 Å². The molecule has 0 radical (unpaired) electrons. The van der Waals surface area contributed by atoms with Gasteiger partial charge in [0.15, 0.2) is 5.75 Å². The van der Waals surface area contributed by atoms with Crippen LogP contribution < -0.4 is 4.72 Å². The molecule has 0 saturated carbocycles. The summed E-state index contributed by atoms with van der Waals surface area (Å²) in [4.78, 5) is 6.24. The van der Waals surface area contributed by atoms with Crippen molar-refractivity contribution in [3.8, 4) is 5.75 Å². The number of aromatic amines is 2. The second kappa shape index (κ2) is 10.3.